The van der Waals surface area contributed by atoms with Crippen molar-refractivity contribution in [1.82, 2.24) is 0 Å². The van der Waals surface area contributed by atoms with Crippen LogP contribution in [-0.4, -0.2) is 18.5 Å². The van der Waals surface area contributed by atoms with Crippen molar-refractivity contribution in [1.29, 1.82) is 0 Å². The second-order valence-corrected chi connectivity index (χ2v) is 6.05. The van der Waals surface area contributed by atoms with Crippen LogP contribution in [0, 0.1) is 17.3 Å². The van der Waals surface area contributed by atoms with Gasteiger partial charge in [-0.25, -0.2) is 0 Å². The molecule has 0 saturated carbocycles. The van der Waals surface area contributed by atoms with Crippen LogP contribution in [0.1, 0.15) is 47.5 Å². The summed E-state index contributed by atoms with van der Waals surface area (Å²) in [5, 5.41) is 1.06. The fraction of sp³-hybridized carbons (Fsp3) is 1.00. The summed E-state index contributed by atoms with van der Waals surface area (Å²) in [5.74, 6) is 1.45. The van der Waals surface area contributed by atoms with E-state index in [0.29, 0.717) is 11.3 Å². The highest BCUT2D eigenvalue weighted by molar-refractivity contribution is 9.09. The second kappa shape index (κ2) is 7.67. The zero-order valence-electron chi connectivity index (χ0n) is 11.0. The van der Waals surface area contributed by atoms with E-state index in [1.54, 1.807) is 0 Å². The Morgan fingerprint density at radius 3 is 2.13 bits per heavy atom. The highest BCUT2D eigenvalue weighted by atomic mass is 79.9. The van der Waals surface area contributed by atoms with Crippen molar-refractivity contribution >= 4 is 15.9 Å². The van der Waals surface area contributed by atoms with Crippen molar-refractivity contribution < 1.29 is 4.74 Å². The van der Waals surface area contributed by atoms with Gasteiger partial charge in [-0.2, -0.15) is 0 Å². The Balaban J connectivity index is 3.64. The first-order chi connectivity index (χ1) is 6.92. The van der Waals surface area contributed by atoms with Crippen LogP contribution in [0.5, 0.6) is 0 Å². The van der Waals surface area contributed by atoms with Crippen molar-refractivity contribution in [3.05, 3.63) is 0 Å². The molecular formula is C13H27BrO. The molecule has 0 bridgehead atoms. The fourth-order valence-electron chi connectivity index (χ4n) is 1.24. The van der Waals surface area contributed by atoms with Crippen LogP contribution in [0.3, 0.4) is 0 Å². The van der Waals surface area contributed by atoms with E-state index in [1.807, 2.05) is 0 Å². The normalized spacial score (nSPS) is 16.0. The number of ether oxygens (including phenoxy) is 1. The first kappa shape index (κ1) is 15.4. The lowest BCUT2D eigenvalue weighted by Crippen LogP contribution is -2.27. The minimum absolute atomic E-state index is 0.373. The average molecular weight is 279 g/mol. The van der Waals surface area contributed by atoms with E-state index in [4.69, 9.17) is 4.74 Å². The Morgan fingerprint density at radius 2 is 1.73 bits per heavy atom. The van der Waals surface area contributed by atoms with Gasteiger partial charge in [-0.1, -0.05) is 50.5 Å². The highest BCUT2D eigenvalue weighted by Gasteiger charge is 2.26. The number of alkyl halides is 1. The lowest BCUT2D eigenvalue weighted by atomic mass is 9.78. The Bertz CT molecular complexity index is 157. The van der Waals surface area contributed by atoms with Crippen LogP contribution in [0.2, 0.25) is 0 Å². The van der Waals surface area contributed by atoms with Gasteiger partial charge in [0.15, 0.2) is 0 Å². The summed E-state index contributed by atoms with van der Waals surface area (Å²) in [6, 6.07) is 0. The van der Waals surface area contributed by atoms with E-state index in [9.17, 15) is 0 Å². The van der Waals surface area contributed by atoms with Crippen LogP contribution in [0.25, 0.3) is 0 Å². The predicted octanol–water partition coefficient (Wildman–Crippen LogP) is 4.50. The molecule has 0 rings (SSSR count). The van der Waals surface area contributed by atoms with E-state index in [2.05, 4.69) is 50.5 Å². The fourth-order valence-corrected chi connectivity index (χ4v) is 2.16. The van der Waals surface area contributed by atoms with Crippen molar-refractivity contribution in [2.75, 3.05) is 18.5 Å². The lowest BCUT2D eigenvalue weighted by molar-refractivity contribution is 0.0838. The predicted molar refractivity (Wildman–Crippen MR) is 71.6 cm³/mol. The molecule has 0 aromatic rings. The van der Waals surface area contributed by atoms with Gasteiger partial charge < -0.3 is 4.74 Å². The Labute approximate surface area is 104 Å². The van der Waals surface area contributed by atoms with Gasteiger partial charge in [-0.05, 0) is 30.1 Å². The zero-order chi connectivity index (χ0) is 11.9. The largest absolute Gasteiger partial charge is 0.381 e. The maximum atomic E-state index is 5.67. The van der Waals surface area contributed by atoms with E-state index >= 15 is 0 Å². The average Bonchev–Trinajstić information content (AvgIpc) is 2.16. The standard InChI is InChI=1S/C13H27BrO/c1-11(2)6-8-15-9-7-13(5,10-14)12(3)4/h11-12H,6-10H2,1-5H3. The van der Waals surface area contributed by atoms with Crippen molar-refractivity contribution in [3.8, 4) is 0 Å². The molecule has 0 spiro atoms. The molecule has 0 aromatic heterocycles. The molecule has 0 fully saturated rings. The molecular weight excluding hydrogens is 252 g/mol. The van der Waals surface area contributed by atoms with Crippen molar-refractivity contribution in [3.63, 3.8) is 0 Å². The molecule has 0 aliphatic heterocycles. The monoisotopic (exact) mass is 278 g/mol. The number of hydrogen-bond acceptors (Lipinski definition) is 1. The van der Waals surface area contributed by atoms with Gasteiger partial charge in [0.2, 0.25) is 0 Å². The molecule has 1 nitrogen and oxygen atoms in total. The molecule has 92 valence electrons. The molecule has 1 unspecified atom stereocenters. The minimum atomic E-state index is 0.373. The first-order valence-corrected chi connectivity index (χ1v) is 7.18. The van der Waals surface area contributed by atoms with Gasteiger partial charge in [0, 0.05) is 18.5 Å². The van der Waals surface area contributed by atoms with Gasteiger partial charge in [-0.3, -0.25) is 0 Å². The zero-order valence-corrected chi connectivity index (χ0v) is 12.6. The maximum Gasteiger partial charge on any atom is 0.0471 e. The molecule has 15 heavy (non-hydrogen) atoms. The van der Waals surface area contributed by atoms with E-state index < -0.39 is 0 Å². The third-order valence-electron chi connectivity index (χ3n) is 3.36. The summed E-state index contributed by atoms with van der Waals surface area (Å²) in [6.45, 7) is 13.2. The molecule has 0 N–H and O–H groups in total. The lowest BCUT2D eigenvalue weighted by Gasteiger charge is -2.31. The topological polar surface area (TPSA) is 9.23 Å². The van der Waals surface area contributed by atoms with Crippen LogP contribution in [0.15, 0.2) is 0 Å². The van der Waals surface area contributed by atoms with Crippen LogP contribution in [0.4, 0.5) is 0 Å². The van der Waals surface area contributed by atoms with Gasteiger partial charge in [0.1, 0.15) is 0 Å². The van der Waals surface area contributed by atoms with E-state index in [0.717, 1.165) is 30.9 Å². The molecule has 2 heteroatoms. The molecule has 0 radical (unpaired) electrons. The Morgan fingerprint density at radius 1 is 1.13 bits per heavy atom. The minimum Gasteiger partial charge on any atom is -0.381 e. The molecule has 1 atom stereocenters. The Kier molecular flexibility index (Phi) is 7.90. The SMILES string of the molecule is CC(C)CCOCCC(C)(CBr)C(C)C. The quantitative estimate of drug-likeness (QED) is 0.469. The molecule has 0 amide bonds. The highest BCUT2D eigenvalue weighted by Crippen LogP contribution is 2.32. The summed E-state index contributed by atoms with van der Waals surface area (Å²) in [7, 11) is 0. The maximum absolute atomic E-state index is 5.67. The third kappa shape index (κ3) is 6.57. The third-order valence-corrected chi connectivity index (χ3v) is 4.64. The van der Waals surface area contributed by atoms with Crippen molar-refractivity contribution in [2.45, 2.75) is 47.5 Å². The van der Waals surface area contributed by atoms with E-state index in [-0.39, 0.29) is 0 Å². The summed E-state index contributed by atoms with van der Waals surface area (Å²) in [5.41, 5.74) is 0.373. The van der Waals surface area contributed by atoms with Crippen LogP contribution >= 0.6 is 15.9 Å². The smallest absolute Gasteiger partial charge is 0.0471 e. The number of halogens is 1. The summed E-state index contributed by atoms with van der Waals surface area (Å²) >= 11 is 3.61. The molecule has 0 aromatic carbocycles. The summed E-state index contributed by atoms with van der Waals surface area (Å²) in [4.78, 5) is 0. The molecule has 0 aliphatic rings. The van der Waals surface area contributed by atoms with Gasteiger partial charge in [0.05, 0.1) is 0 Å². The number of hydrogen-bond donors (Lipinski definition) is 0. The van der Waals surface area contributed by atoms with Gasteiger partial charge in [0.25, 0.3) is 0 Å². The molecule has 0 heterocycles. The number of rotatable bonds is 8. The second-order valence-electron chi connectivity index (χ2n) is 5.49. The summed E-state index contributed by atoms with van der Waals surface area (Å²) in [6.07, 6.45) is 2.32. The molecule has 0 saturated heterocycles. The first-order valence-electron chi connectivity index (χ1n) is 6.06. The van der Waals surface area contributed by atoms with Gasteiger partial charge in [-0.15, -0.1) is 0 Å². The van der Waals surface area contributed by atoms with Crippen molar-refractivity contribution in [2.24, 2.45) is 17.3 Å². The van der Waals surface area contributed by atoms with Crippen LogP contribution < -0.4 is 0 Å². The van der Waals surface area contributed by atoms with Crippen LogP contribution in [-0.2, 0) is 4.74 Å². The van der Waals surface area contributed by atoms with Gasteiger partial charge >= 0.3 is 0 Å². The Hall–Kier alpha value is 0.440. The summed E-state index contributed by atoms with van der Waals surface area (Å²) < 4.78 is 5.67. The van der Waals surface area contributed by atoms with E-state index in [1.165, 1.54) is 6.42 Å². The molecule has 0 aliphatic carbocycles.